The van der Waals surface area contributed by atoms with Gasteiger partial charge in [0.2, 0.25) is 0 Å². The van der Waals surface area contributed by atoms with Crippen molar-refractivity contribution in [1.29, 1.82) is 0 Å². The van der Waals surface area contributed by atoms with Crippen LogP contribution in [0, 0.1) is 0 Å². The summed E-state index contributed by atoms with van der Waals surface area (Å²) in [4.78, 5) is 0. The molecule has 5 nitrogen and oxygen atoms in total. The van der Waals surface area contributed by atoms with Crippen molar-refractivity contribution in [3.63, 3.8) is 0 Å². The Bertz CT molecular complexity index is 429. The van der Waals surface area contributed by atoms with Crippen LogP contribution in [0.25, 0.3) is 0 Å². The maximum absolute atomic E-state index is 4.48. The van der Waals surface area contributed by atoms with Crippen molar-refractivity contribution in [3.8, 4) is 0 Å². The van der Waals surface area contributed by atoms with Gasteiger partial charge in [0.05, 0.1) is 12.2 Å². The Balaban J connectivity index is 1.71. The topological polar surface area (TPSA) is 47.7 Å². The van der Waals surface area contributed by atoms with E-state index in [2.05, 4.69) is 35.4 Å². The SMILES string of the molecule is CC(C)n1ccc(CNCCn2cccn2)n1. The summed E-state index contributed by atoms with van der Waals surface area (Å²) >= 11 is 0. The first-order chi connectivity index (χ1) is 8.25. The Kier molecular flexibility index (Phi) is 3.93. The molecule has 2 heterocycles. The van der Waals surface area contributed by atoms with Gasteiger partial charge in [0.15, 0.2) is 0 Å². The molecule has 2 aromatic rings. The van der Waals surface area contributed by atoms with E-state index in [0.29, 0.717) is 6.04 Å². The van der Waals surface area contributed by atoms with Crippen LogP contribution >= 0.6 is 0 Å². The minimum Gasteiger partial charge on any atom is -0.309 e. The van der Waals surface area contributed by atoms with E-state index in [1.807, 2.05) is 27.8 Å². The predicted octanol–water partition coefficient (Wildman–Crippen LogP) is 1.45. The van der Waals surface area contributed by atoms with Crippen LogP contribution in [-0.2, 0) is 13.1 Å². The first-order valence-corrected chi connectivity index (χ1v) is 5.98. The highest BCUT2D eigenvalue weighted by Gasteiger charge is 2.01. The highest BCUT2D eigenvalue weighted by Crippen LogP contribution is 2.03. The van der Waals surface area contributed by atoms with Crippen molar-refractivity contribution in [2.45, 2.75) is 33.0 Å². The normalized spacial score (nSPS) is 11.2. The fourth-order valence-corrected chi connectivity index (χ4v) is 1.60. The van der Waals surface area contributed by atoms with Gasteiger partial charge < -0.3 is 5.32 Å². The third kappa shape index (κ3) is 3.42. The molecular weight excluding hydrogens is 214 g/mol. The Morgan fingerprint density at radius 3 is 2.88 bits per heavy atom. The Morgan fingerprint density at radius 2 is 2.24 bits per heavy atom. The highest BCUT2D eigenvalue weighted by molar-refractivity contribution is 4.98. The summed E-state index contributed by atoms with van der Waals surface area (Å²) in [6.45, 7) is 6.85. The largest absolute Gasteiger partial charge is 0.309 e. The van der Waals surface area contributed by atoms with Crippen molar-refractivity contribution >= 4 is 0 Å². The van der Waals surface area contributed by atoms with Gasteiger partial charge >= 0.3 is 0 Å². The molecule has 0 saturated heterocycles. The number of hydrogen-bond acceptors (Lipinski definition) is 3. The predicted molar refractivity (Wildman–Crippen MR) is 66.5 cm³/mol. The van der Waals surface area contributed by atoms with Crippen LogP contribution in [0.15, 0.2) is 30.7 Å². The molecule has 0 amide bonds. The molecule has 1 N–H and O–H groups in total. The maximum Gasteiger partial charge on any atom is 0.0762 e. The van der Waals surface area contributed by atoms with Crippen molar-refractivity contribution in [1.82, 2.24) is 24.9 Å². The molecule has 92 valence electrons. The quantitative estimate of drug-likeness (QED) is 0.768. The first kappa shape index (κ1) is 11.9. The molecule has 17 heavy (non-hydrogen) atoms. The summed E-state index contributed by atoms with van der Waals surface area (Å²) in [7, 11) is 0. The van der Waals surface area contributed by atoms with E-state index in [1.54, 1.807) is 6.20 Å². The second kappa shape index (κ2) is 5.63. The Labute approximate surface area is 101 Å². The zero-order valence-electron chi connectivity index (χ0n) is 10.4. The summed E-state index contributed by atoms with van der Waals surface area (Å²) in [5.41, 5.74) is 1.08. The van der Waals surface area contributed by atoms with E-state index in [9.17, 15) is 0 Å². The average Bonchev–Trinajstić information content (AvgIpc) is 2.96. The molecule has 0 aliphatic heterocycles. The molecule has 0 bridgehead atoms. The molecule has 2 rings (SSSR count). The van der Waals surface area contributed by atoms with Crippen LogP contribution in [0.5, 0.6) is 0 Å². The molecule has 0 unspecified atom stereocenters. The molecule has 0 radical (unpaired) electrons. The van der Waals surface area contributed by atoms with Crippen molar-refractivity contribution < 1.29 is 0 Å². The van der Waals surface area contributed by atoms with Gasteiger partial charge in [-0.2, -0.15) is 10.2 Å². The lowest BCUT2D eigenvalue weighted by Crippen LogP contribution is -2.20. The van der Waals surface area contributed by atoms with E-state index in [0.717, 1.165) is 25.3 Å². The maximum atomic E-state index is 4.48. The lowest BCUT2D eigenvalue weighted by atomic mass is 10.4. The van der Waals surface area contributed by atoms with E-state index < -0.39 is 0 Å². The van der Waals surface area contributed by atoms with Crippen LogP contribution < -0.4 is 5.32 Å². The number of aromatic nitrogens is 4. The van der Waals surface area contributed by atoms with Gasteiger partial charge in [-0.1, -0.05) is 0 Å². The van der Waals surface area contributed by atoms with Crippen LogP contribution in [0.2, 0.25) is 0 Å². The smallest absolute Gasteiger partial charge is 0.0762 e. The second-order valence-corrected chi connectivity index (χ2v) is 4.33. The van der Waals surface area contributed by atoms with Crippen LogP contribution in [0.4, 0.5) is 0 Å². The number of rotatable bonds is 6. The van der Waals surface area contributed by atoms with Gasteiger partial charge in [0, 0.05) is 37.7 Å². The zero-order valence-corrected chi connectivity index (χ0v) is 10.4. The van der Waals surface area contributed by atoms with Crippen LogP contribution in [-0.4, -0.2) is 26.1 Å². The summed E-state index contributed by atoms with van der Waals surface area (Å²) in [5, 5.41) is 12.0. The van der Waals surface area contributed by atoms with Gasteiger partial charge in [-0.25, -0.2) is 0 Å². The number of nitrogens with zero attached hydrogens (tertiary/aromatic N) is 4. The van der Waals surface area contributed by atoms with Crippen LogP contribution in [0.3, 0.4) is 0 Å². The highest BCUT2D eigenvalue weighted by atomic mass is 15.3. The summed E-state index contributed by atoms with van der Waals surface area (Å²) in [6.07, 6.45) is 5.79. The second-order valence-electron chi connectivity index (χ2n) is 4.33. The fraction of sp³-hybridized carbons (Fsp3) is 0.500. The summed E-state index contributed by atoms with van der Waals surface area (Å²) in [6, 6.07) is 4.42. The summed E-state index contributed by atoms with van der Waals surface area (Å²) in [5.74, 6) is 0. The molecule has 0 aromatic carbocycles. The third-order valence-corrected chi connectivity index (χ3v) is 2.58. The molecule has 2 aromatic heterocycles. The molecule has 0 aliphatic carbocycles. The van der Waals surface area contributed by atoms with Crippen molar-refractivity contribution in [2.24, 2.45) is 0 Å². The van der Waals surface area contributed by atoms with E-state index in [-0.39, 0.29) is 0 Å². The number of hydrogen-bond donors (Lipinski definition) is 1. The molecule has 0 fully saturated rings. The molecule has 0 saturated carbocycles. The lowest BCUT2D eigenvalue weighted by Gasteiger charge is -2.05. The average molecular weight is 233 g/mol. The minimum absolute atomic E-state index is 0.424. The minimum atomic E-state index is 0.424. The van der Waals surface area contributed by atoms with Gasteiger partial charge in [-0.15, -0.1) is 0 Å². The third-order valence-electron chi connectivity index (χ3n) is 2.58. The Morgan fingerprint density at radius 1 is 1.35 bits per heavy atom. The van der Waals surface area contributed by atoms with Crippen LogP contribution in [0.1, 0.15) is 25.6 Å². The van der Waals surface area contributed by atoms with E-state index in [1.165, 1.54) is 0 Å². The van der Waals surface area contributed by atoms with Gasteiger partial charge in [-0.05, 0) is 26.0 Å². The van der Waals surface area contributed by atoms with Gasteiger partial charge in [-0.3, -0.25) is 9.36 Å². The zero-order chi connectivity index (χ0) is 12.1. The molecule has 0 aliphatic rings. The lowest BCUT2D eigenvalue weighted by molar-refractivity contribution is 0.514. The van der Waals surface area contributed by atoms with E-state index >= 15 is 0 Å². The van der Waals surface area contributed by atoms with Gasteiger partial charge in [0.1, 0.15) is 0 Å². The fourth-order valence-electron chi connectivity index (χ4n) is 1.60. The molecule has 0 spiro atoms. The Hall–Kier alpha value is -1.62. The first-order valence-electron chi connectivity index (χ1n) is 5.98. The molecule has 5 heteroatoms. The van der Waals surface area contributed by atoms with E-state index in [4.69, 9.17) is 0 Å². The van der Waals surface area contributed by atoms with Crippen molar-refractivity contribution in [2.75, 3.05) is 6.54 Å². The monoisotopic (exact) mass is 233 g/mol. The van der Waals surface area contributed by atoms with Gasteiger partial charge in [0.25, 0.3) is 0 Å². The number of nitrogens with one attached hydrogen (secondary N) is 1. The molecule has 0 atom stereocenters. The van der Waals surface area contributed by atoms with Crippen molar-refractivity contribution in [3.05, 3.63) is 36.4 Å². The summed E-state index contributed by atoms with van der Waals surface area (Å²) < 4.78 is 3.89. The molecular formula is C12H19N5. The standard InChI is InChI=1S/C12H19N5/c1-11(2)17-8-4-12(15-17)10-13-6-9-16-7-3-5-14-16/h3-5,7-8,11,13H,6,9-10H2,1-2H3.